The fraction of sp³-hybridized carbons (Fsp3) is 0.900. The van der Waals surface area contributed by atoms with Gasteiger partial charge in [0.05, 0.1) is 6.04 Å². The maximum absolute atomic E-state index is 11.6. The Kier molecular flexibility index (Phi) is 13.2. The van der Waals surface area contributed by atoms with Crippen LogP contribution >= 0.6 is 24.2 Å². The van der Waals surface area contributed by atoms with Gasteiger partial charge in [-0.2, -0.15) is 11.8 Å². The van der Waals surface area contributed by atoms with Crippen molar-refractivity contribution in [1.29, 1.82) is 0 Å². The lowest BCUT2D eigenvalue weighted by atomic mass is 10.1. The zero-order chi connectivity index (χ0) is 11.7. The summed E-state index contributed by atoms with van der Waals surface area (Å²) in [6.45, 7) is 2.09. The van der Waals surface area contributed by atoms with Crippen LogP contribution in [-0.4, -0.2) is 41.7 Å². The number of thioether (sulfide) groups is 1. The van der Waals surface area contributed by atoms with Crippen molar-refractivity contribution in [3.05, 3.63) is 0 Å². The minimum Gasteiger partial charge on any atom is -0.396 e. The quantitative estimate of drug-likeness (QED) is 0.609. The number of rotatable bonds is 8. The fourth-order valence-corrected chi connectivity index (χ4v) is 1.96. The molecule has 0 aromatic rings. The maximum atomic E-state index is 11.6. The summed E-state index contributed by atoms with van der Waals surface area (Å²) in [4.78, 5) is 11.6. The number of amides is 1. The molecule has 6 heteroatoms. The van der Waals surface area contributed by atoms with Crippen molar-refractivity contribution in [1.82, 2.24) is 5.32 Å². The highest BCUT2D eigenvalue weighted by molar-refractivity contribution is 7.98. The Hall–Kier alpha value is 0.0300. The summed E-state index contributed by atoms with van der Waals surface area (Å²) in [7, 11) is 0. The highest BCUT2D eigenvalue weighted by Gasteiger charge is 2.16. The number of hydrogen-bond acceptors (Lipinski definition) is 4. The third-order valence-electron chi connectivity index (χ3n) is 2.13. The molecule has 2 atom stereocenters. The number of nitrogens with one attached hydrogen (secondary N) is 1. The predicted molar refractivity (Wildman–Crippen MR) is 72.1 cm³/mol. The van der Waals surface area contributed by atoms with E-state index in [-0.39, 0.29) is 31.0 Å². The summed E-state index contributed by atoms with van der Waals surface area (Å²) in [5.41, 5.74) is 5.69. The average molecular weight is 271 g/mol. The molecule has 0 bridgehead atoms. The van der Waals surface area contributed by atoms with Gasteiger partial charge < -0.3 is 16.2 Å². The normalized spacial score (nSPS) is 13.8. The van der Waals surface area contributed by atoms with Gasteiger partial charge >= 0.3 is 0 Å². The van der Waals surface area contributed by atoms with Crippen LogP contribution in [0.1, 0.15) is 26.2 Å². The van der Waals surface area contributed by atoms with E-state index in [4.69, 9.17) is 10.8 Å². The first-order valence-corrected chi connectivity index (χ1v) is 6.70. The second-order valence-electron chi connectivity index (χ2n) is 3.57. The Morgan fingerprint density at radius 2 is 2.12 bits per heavy atom. The lowest BCUT2D eigenvalue weighted by Crippen LogP contribution is -2.46. The van der Waals surface area contributed by atoms with E-state index in [0.717, 1.165) is 12.2 Å². The van der Waals surface area contributed by atoms with Crippen LogP contribution in [0.3, 0.4) is 0 Å². The number of hydrogen-bond donors (Lipinski definition) is 3. The molecule has 0 aromatic carbocycles. The highest BCUT2D eigenvalue weighted by atomic mass is 35.5. The Balaban J connectivity index is 0. The molecule has 0 radical (unpaired) electrons. The van der Waals surface area contributed by atoms with Gasteiger partial charge in [-0.05, 0) is 19.1 Å². The molecule has 4 nitrogen and oxygen atoms in total. The topological polar surface area (TPSA) is 75.4 Å². The maximum Gasteiger partial charge on any atom is 0.237 e. The van der Waals surface area contributed by atoms with E-state index >= 15 is 0 Å². The SMILES string of the molecule is CCCC(N)C(=O)NC(CCO)CSC.Cl. The van der Waals surface area contributed by atoms with Crippen molar-refractivity contribution in [2.24, 2.45) is 5.73 Å². The molecule has 98 valence electrons. The molecule has 2 unspecified atom stereocenters. The Morgan fingerprint density at radius 1 is 1.50 bits per heavy atom. The Morgan fingerprint density at radius 3 is 2.56 bits per heavy atom. The van der Waals surface area contributed by atoms with Gasteiger partial charge in [0, 0.05) is 18.4 Å². The highest BCUT2D eigenvalue weighted by Crippen LogP contribution is 2.02. The third kappa shape index (κ3) is 8.21. The summed E-state index contributed by atoms with van der Waals surface area (Å²) in [5.74, 6) is 0.704. The molecule has 0 spiro atoms. The molecule has 0 saturated carbocycles. The molecule has 0 aliphatic heterocycles. The summed E-state index contributed by atoms with van der Waals surface area (Å²) in [5, 5.41) is 11.7. The van der Waals surface area contributed by atoms with E-state index < -0.39 is 6.04 Å². The lowest BCUT2D eigenvalue weighted by molar-refractivity contribution is -0.123. The fourth-order valence-electron chi connectivity index (χ4n) is 1.30. The van der Waals surface area contributed by atoms with Crippen molar-refractivity contribution in [3.8, 4) is 0 Å². The first-order valence-electron chi connectivity index (χ1n) is 5.31. The van der Waals surface area contributed by atoms with E-state index in [1.807, 2.05) is 13.2 Å². The molecule has 0 aliphatic rings. The number of halogens is 1. The van der Waals surface area contributed by atoms with Crippen molar-refractivity contribution in [3.63, 3.8) is 0 Å². The molecule has 0 rings (SSSR count). The predicted octanol–water partition coefficient (Wildman–Crippen LogP) is 0.766. The van der Waals surface area contributed by atoms with Gasteiger partial charge in [0.15, 0.2) is 0 Å². The van der Waals surface area contributed by atoms with Crippen molar-refractivity contribution < 1.29 is 9.90 Å². The molecular formula is C10H23ClN2O2S. The van der Waals surface area contributed by atoms with E-state index in [2.05, 4.69) is 5.32 Å². The van der Waals surface area contributed by atoms with E-state index in [1.165, 1.54) is 0 Å². The van der Waals surface area contributed by atoms with Crippen molar-refractivity contribution in [2.45, 2.75) is 38.3 Å². The number of carbonyl (C=O) groups excluding carboxylic acids is 1. The van der Waals surface area contributed by atoms with Crippen LogP contribution < -0.4 is 11.1 Å². The summed E-state index contributed by atoms with van der Waals surface area (Å²) in [6, 6.07) is -0.390. The van der Waals surface area contributed by atoms with Crippen LogP contribution in [0.15, 0.2) is 0 Å². The molecular weight excluding hydrogens is 248 g/mol. The smallest absolute Gasteiger partial charge is 0.237 e. The summed E-state index contributed by atoms with van der Waals surface area (Å²) in [6.07, 6.45) is 4.17. The zero-order valence-corrected chi connectivity index (χ0v) is 11.6. The monoisotopic (exact) mass is 270 g/mol. The van der Waals surface area contributed by atoms with E-state index in [0.29, 0.717) is 12.8 Å². The zero-order valence-electron chi connectivity index (χ0n) is 9.94. The lowest BCUT2D eigenvalue weighted by Gasteiger charge is -2.19. The standard InChI is InChI=1S/C10H22N2O2S.ClH/c1-3-4-9(11)10(14)12-8(5-6-13)7-15-2;/h8-9,13H,3-7,11H2,1-2H3,(H,12,14);1H. The van der Waals surface area contributed by atoms with E-state index in [9.17, 15) is 4.79 Å². The van der Waals surface area contributed by atoms with E-state index in [1.54, 1.807) is 11.8 Å². The number of nitrogens with two attached hydrogens (primary N) is 1. The van der Waals surface area contributed by atoms with Gasteiger partial charge in [0.1, 0.15) is 0 Å². The van der Waals surface area contributed by atoms with Gasteiger partial charge in [-0.3, -0.25) is 4.79 Å². The minimum atomic E-state index is -0.418. The number of aliphatic hydroxyl groups is 1. The van der Waals surface area contributed by atoms with Crippen LogP contribution in [0.4, 0.5) is 0 Å². The van der Waals surface area contributed by atoms with Gasteiger partial charge in [-0.15, -0.1) is 12.4 Å². The molecule has 4 N–H and O–H groups in total. The second-order valence-corrected chi connectivity index (χ2v) is 4.48. The van der Waals surface area contributed by atoms with Gasteiger partial charge in [0.25, 0.3) is 0 Å². The minimum absolute atomic E-state index is 0. The third-order valence-corrected chi connectivity index (χ3v) is 2.86. The van der Waals surface area contributed by atoms with Crippen LogP contribution in [0, 0.1) is 0 Å². The van der Waals surface area contributed by atoms with Crippen molar-refractivity contribution in [2.75, 3.05) is 18.6 Å². The molecule has 0 saturated heterocycles. The summed E-state index contributed by atoms with van der Waals surface area (Å²) < 4.78 is 0. The molecule has 16 heavy (non-hydrogen) atoms. The number of aliphatic hydroxyl groups excluding tert-OH is 1. The average Bonchev–Trinajstić information content (AvgIpc) is 2.18. The molecule has 0 aromatic heterocycles. The molecule has 0 fully saturated rings. The van der Waals surface area contributed by atoms with Gasteiger partial charge in [-0.1, -0.05) is 13.3 Å². The van der Waals surface area contributed by atoms with Gasteiger partial charge in [0.2, 0.25) is 5.91 Å². The first-order chi connectivity index (χ1) is 7.15. The largest absolute Gasteiger partial charge is 0.396 e. The second kappa shape index (κ2) is 11.5. The summed E-state index contributed by atoms with van der Waals surface area (Å²) >= 11 is 1.65. The molecule has 0 aliphatic carbocycles. The van der Waals surface area contributed by atoms with Crippen LogP contribution in [0.2, 0.25) is 0 Å². The van der Waals surface area contributed by atoms with Gasteiger partial charge in [-0.25, -0.2) is 0 Å². The molecule has 0 heterocycles. The van der Waals surface area contributed by atoms with Crippen molar-refractivity contribution >= 4 is 30.1 Å². The molecule has 1 amide bonds. The van der Waals surface area contributed by atoms with Crippen LogP contribution in [0.25, 0.3) is 0 Å². The Labute approximate surface area is 108 Å². The van der Waals surface area contributed by atoms with Crippen LogP contribution in [0.5, 0.6) is 0 Å². The number of carbonyl (C=O) groups is 1. The first kappa shape index (κ1) is 18.4. The Bertz CT molecular complexity index is 178. The van der Waals surface area contributed by atoms with Crippen LogP contribution in [-0.2, 0) is 4.79 Å².